The summed E-state index contributed by atoms with van der Waals surface area (Å²) in [7, 11) is 0. The molecule has 2 aliphatic carbocycles. The maximum absolute atomic E-state index is 4.19. The lowest BCUT2D eigenvalue weighted by Gasteiger charge is -2.30. The smallest absolute Gasteiger partial charge is 0.0386 e. The van der Waals surface area contributed by atoms with Gasteiger partial charge in [-0.2, -0.15) is 0 Å². The van der Waals surface area contributed by atoms with E-state index in [9.17, 15) is 0 Å². The third-order valence-corrected chi connectivity index (χ3v) is 3.22. The summed E-state index contributed by atoms with van der Waals surface area (Å²) in [6.45, 7) is 0. The van der Waals surface area contributed by atoms with Gasteiger partial charge in [-0.15, -0.1) is 12.8 Å². The predicted octanol–water partition coefficient (Wildman–Crippen LogP) is 2.77. The fourth-order valence-electron chi connectivity index (χ4n) is 2.34. The maximum atomic E-state index is 4.19. The first-order chi connectivity index (χ1) is 5.47. The molecule has 0 bridgehead atoms. The molecule has 2 heteroatoms. The van der Waals surface area contributed by atoms with Crippen LogP contribution in [0.2, 0.25) is 0 Å². The Hall–Kier alpha value is 0.310. The second-order valence-electron chi connectivity index (χ2n) is 3.74. The molecule has 0 aromatic rings. The van der Waals surface area contributed by atoms with Gasteiger partial charge in [-0.05, 0) is 11.8 Å². The van der Waals surface area contributed by atoms with Gasteiger partial charge in [0.05, 0.1) is 0 Å². The van der Waals surface area contributed by atoms with Gasteiger partial charge >= 0.3 is 0 Å². The van der Waals surface area contributed by atoms with Crippen LogP contribution in [0.5, 0.6) is 0 Å². The monoisotopic (exact) mass is 173 g/mol. The summed E-state index contributed by atoms with van der Waals surface area (Å²) in [5.74, 6) is 2.34. The predicted molar refractivity (Wildman–Crippen MR) is 52.5 cm³/mol. The lowest BCUT2D eigenvalue weighted by Crippen LogP contribution is -2.19. The van der Waals surface area contributed by atoms with Crippen molar-refractivity contribution in [2.75, 3.05) is 0 Å². The molecule has 2 aliphatic rings. The average Bonchev–Trinajstić information content (AvgIpc) is 2.41. The summed E-state index contributed by atoms with van der Waals surface area (Å²) in [6, 6.07) is 0. The van der Waals surface area contributed by atoms with Crippen molar-refractivity contribution in [1.82, 2.24) is 0 Å². The summed E-state index contributed by atoms with van der Waals surface area (Å²) in [5.41, 5.74) is 0. The highest BCUT2D eigenvalue weighted by Crippen LogP contribution is 2.41. The van der Waals surface area contributed by atoms with E-state index in [-0.39, 0.29) is 0 Å². The Labute approximate surface area is 75.3 Å². The van der Waals surface area contributed by atoms with E-state index in [4.69, 9.17) is 0 Å². The van der Waals surface area contributed by atoms with Crippen LogP contribution in [0.3, 0.4) is 0 Å². The van der Waals surface area contributed by atoms with E-state index in [1.807, 2.05) is 0 Å². The zero-order chi connectivity index (χ0) is 8.10. The van der Waals surface area contributed by atoms with Crippen molar-refractivity contribution < 1.29 is 0 Å². The van der Waals surface area contributed by atoms with Crippen LogP contribution in [0, 0.1) is 11.8 Å². The minimum Gasteiger partial charge on any atom is -0.281 e. The van der Waals surface area contributed by atoms with Crippen molar-refractivity contribution in [1.29, 1.82) is 0 Å². The van der Waals surface area contributed by atoms with Crippen LogP contribution >= 0.6 is 12.8 Å². The molecule has 11 heavy (non-hydrogen) atoms. The highest BCUT2D eigenvalue weighted by molar-refractivity contribution is 7.77. The number of hydrogen-bond donors (Lipinski definition) is 2. The van der Waals surface area contributed by atoms with Crippen LogP contribution in [0.4, 0.5) is 0 Å². The van der Waals surface area contributed by atoms with Crippen molar-refractivity contribution >= 4 is 12.8 Å². The van der Waals surface area contributed by atoms with Gasteiger partial charge in [0.1, 0.15) is 0 Å². The number of rotatable bonds is 1. The second-order valence-corrected chi connectivity index (χ2v) is 3.74. The number of nitrogens with two attached hydrogens (primary N) is 1. The molecule has 0 heterocycles. The average molecular weight is 173 g/mol. The maximum Gasteiger partial charge on any atom is -0.0386 e. The van der Waals surface area contributed by atoms with Crippen molar-refractivity contribution in [3.8, 4) is 0 Å². The first-order valence-corrected chi connectivity index (χ1v) is 5.24. The normalized spacial score (nSPS) is 25.6. The third-order valence-electron chi connectivity index (χ3n) is 3.22. The minimum absolute atomic E-state index is 1.17. The molecule has 2 rings (SSSR count). The van der Waals surface area contributed by atoms with E-state index in [0.717, 1.165) is 0 Å². The molecule has 2 N–H and O–H groups in total. The SMILES string of the molecule is C1CCC(C2CCC2)C1.NS. The molecule has 0 aliphatic heterocycles. The largest absolute Gasteiger partial charge is 0.281 e. The van der Waals surface area contributed by atoms with Gasteiger partial charge in [-0.3, -0.25) is 5.14 Å². The van der Waals surface area contributed by atoms with Crippen molar-refractivity contribution in [3.63, 3.8) is 0 Å². The first-order valence-electron chi connectivity index (χ1n) is 4.72. The van der Waals surface area contributed by atoms with E-state index in [1.54, 1.807) is 25.7 Å². The van der Waals surface area contributed by atoms with E-state index in [1.165, 1.54) is 31.1 Å². The molecular weight excluding hydrogens is 154 g/mol. The van der Waals surface area contributed by atoms with Gasteiger partial charge in [0.15, 0.2) is 0 Å². The van der Waals surface area contributed by atoms with Gasteiger partial charge in [-0.25, -0.2) is 0 Å². The molecule has 0 amide bonds. The quantitative estimate of drug-likeness (QED) is 0.586. The summed E-state index contributed by atoms with van der Waals surface area (Å²) < 4.78 is 0. The topological polar surface area (TPSA) is 26.0 Å². The Morgan fingerprint density at radius 3 is 1.36 bits per heavy atom. The van der Waals surface area contributed by atoms with Crippen molar-refractivity contribution in [3.05, 3.63) is 0 Å². The molecule has 66 valence electrons. The Bertz CT molecular complexity index is 95.7. The van der Waals surface area contributed by atoms with Gasteiger partial charge in [0.25, 0.3) is 0 Å². The summed E-state index contributed by atoms with van der Waals surface area (Å²) >= 11 is 3.03. The summed E-state index contributed by atoms with van der Waals surface area (Å²) in [5, 5.41) is 4.19. The number of thiol groups is 1. The molecule has 0 radical (unpaired) electrons. The zero-order valence-corrected chi connectivity index (χ0v) is 8.02. The molecule has 0 saturated heterocycles. The number of hydrogen-bond acceptors (Lipinski definition) is 2. The molecule has 0 unspecified atom stereocenters. The molecule has 0 spiro atoms. The molecule has 2 fully saturated rings. The fourth-order valence-corrected chi connectivity index (χ4v) is 2.34. The highest BCUT2D eigenvalue weighted by Gasteiger charge is 2.28. The van der Waals surface area contributed by atoms with Crippen LogP contribution in [0.1, 0.15) is 44.9 Å². The minimum atomic E-state index is 1.17. The fraction of sp³-hybridized carbons (Fsp3) is 1.00. The molecule has 2 saturated carbocycles. The van der Waals surface area contributed by atoms with Gasteiger partial charge < -0.3 is 0 Å². The van der Waals surface area contributed by atoms with Gasteiger partial charge in [-0.1, -0.05) is 44.9 Å². The second kappa shape index (κ2) is 5.04. The molecule has 0 atom stereocenters. The van der Waals surface area contributed by atoms with Crippen molar-refractivity contribution in [2.45, 2.75) is 44.9 Å². The Morgan fingerprint density at radius 2 is 1.09 bits per heavy atom. The lowest BCUT2D eigenvalue weighted by molar-refractivity contribution is 0.210. The van der Waals surface area contributed by atoms with E-state index in [2.05, 4.69) is 18.0 Å². The van der Waals surface area contributed by atoms with Crippen LogP contribution < -0.4 is 5.14 Å². The molecule has 0 aromatic heterocycles. The molecule has 1 nitrogen and oxygen atoms in total. The van der Waals surface area contributed by atoms with E-state index >= 15 is 0 Å². The lowest BCUT2D eigenvalue weighted by atomic mass is 9.75. The molecule has 0 aromatic carbocycles. The van der Waals surface area contributed by atoms with Crippen LogP contribution in [-0.2, 0) is 0 Å². The van der Waals surface area contributed by atoms with Gasteiger partial charge in [0.2, 0.25) is 0 Å². The van der Waals surface area contributed by atoms with Gasteiger partial charge in [0, 0.05) is 0 Å². The van der Waals surface area contributed by atoms with E-state index < -0.39 is 0 Å². The summed E-state index contributed by atoms with van der Waals surface area (Å²) in [6.07, 6.45) is 10.8. The van der Waals surface area contributed by atoms with E-state index in [0.29, 0.717) is 0 Å². The zero-order valence-electron chi connectivity index (χ0n) is 7.13. The van der Waals surface area contributed by atoms with Crippen LogP contribution in [0.15, 0.2) is 0 Å². The summed E-state index contributed by atoms with van der Waals surface area (Å²) in [4.78, 5) is 0. The highest BCUT2D eigenvalue weighted by atomic mass is 32.1. The van der Waals surface area contributed by atoms with Crippen LogP contribution in [-0.4, -0.2) is 0 Å². The Morgan fingerprint density at radius 1 is 0.727 bits per heavy atom. The first kappa shape index (κ1) is 9.40. The standard InChI is InChI=1S/C9H16.H3NS/c1-2-5-8(4-1)9-6-3-7-9;1-2/h8-9H,1-7H2;2H,1H2. The van der Waals surface area contributed by atoms with Crippen LogP contribution in [0.25, 0.3) is 0 Å². The van der Waals surface area contributed by atoms with Crippen molar-refractivity contribution in [2.24, 2.45) is 17.0 Å². The Kier molecular flexibility index (Phi) is 4.31. The Balaban J connectivity index is 0.000000281. The molecular formula is C9H19NS. The third kappa shape index (κ3) is 2.38.